The molecule has 4 rings (SSSR count). The van der Waals surface area contributed by atoms with Crippen LogP contribution in [0.25, 0.3) is 0 Å². The number of carbonyl (C=O) groups excluding carboxylic acids is 1. The van der Waals surface area contributed by atoms with Gasteiger partial charge in [0.25, 0.3) is 0 Å². The SMILES string of the molecule is Cc1cc(NC(=O)N2CCCCC2Cc2nn[nH]n2)c(Cl)cc1C1CC1. The van der Waals surface area contributed by atoms with E-state index in [-0.39, 0.29) is 12.1 Å². The van der Waals surface area contributed by atoms with Gasteiger partial charge in [0.1, 0.15) is 0 Å². The number of anilines is 1. The maximum absolute atomic E-state index is 12.9. The van der Waals surface area contributed by atoms with Gasteiger partial charge < -0.3 is 10.2 Å². The van der Waals surface area contributed by atoms with Crippen LogP contribution in [0.2, 0.25) is 5.02 Å². The average molecular weight is 375 g/mol. The number of carbonyl (C=O) groups is 1. The van der Waals surface area contributed by atoms with Crippen molar-refractivity contribution in [1.82, 2.24) is 25.5 Å². The number of aryl methyl sites for hydroxylation is 1. The zero-order valence-electron chi connectivity index (χ0n) is 14.8. The molecule has 1 aliphatic heterocycles. The quantitative estimate of drug-likeness (QED) is 0.854. The average Bonchev–Trinajstić information content (AvgIpc) is 3.35. The molecule has 0 spiro atoms. The molecule has 2 fully saturated rings. The number of benzene rings is 1. The number of urea groups is 1. The van der Waals surface area contributed by atoms with Crippen molar-refractivity contribution in [2.75, 3.05) is 11.9 Å². The van der Waals surface area contributed by atoms with Gasteiger partial charge in [-0.2, -0.15) is 5.21 Å². The Kier molecular flexibility index (Phi) is 4.80. The van der Waals surface area contributed by atoms with Gasteiger partial charge in [-0.1, -0.05) is 16.8 Å². The molecule has 138 valence electrons. The second-order valence-electron chi connectivity index (χ2n) is 7.27. The lowest BCUT2D eigenvalue weighted by molar-refractivity contribution is 0.161. The Morgan fingerprint density at radius 1 is 1.35 bits per heavy atom. The number of nitrogens with one attached hydrogen (secondary N) is 2. The number of hydrogen-bond acceptors (Lipinski definition) is 4. The minimum absolute atomic E-state index is 0.0759. The van der Waals surface area contributed by atoms with E-state index in [1.807, 2.05) is 17.0 Å². The highest BCUT2D eigenvalue weighted by molar-refractivity contribution is 6.33. The molecule has 1 atom stereocenters. The van der Waals surface area contributed by atoms with Gasteiger partial charge in [0.15, 0.2) is 5.82 Å². The molecule has 2 aromatic rings. The van der Waals surface area contributed by atoms with Crippen molar-refractivity contribution in [2.24, 2.45) is 0 Å². The largest absolute Gasteiger partial charge is 0.322 e. The molecule has 2 heterocycles. The van der Waals surface area contributed by atoms with Gasteiger partial charge in [-0.15, -0.1) is 10.2 Å². The lowest BCUT2D eigenvalue weighted by atomic mass is 9.99. The van der Waals surface area contributed by atoms with E-state index >= 15 is 0 Å². The Morgan fingerprint density at radius 3 is 2.92 bits per heavy atom. The van der Waals surface area contributed by atoms with Crippen LogP contribution in [-0.4, -0.2) is 44.1 Å². The Morgan fingerprint density at radius 2 is 2.19 bits per heavy atom. The van der Waals surface area contributed by atoms with Crippen LogP contribution in [0, 0.1) is 6.92 Å². The van der Waals surface area contributed by atoms with Crippen LogP contribution in [0.1, 0.15) is 55.0 Å². The molecule has 0 bridgehead atoms. The van der Waals surface area contributed by atoms with Gasteiger partial charge in [-0.05, 0) is 68.2 Å². The first-order valence-corrected chi connectivity index (χ1v) is 9.59. The highest BCUT2D eigenvalue weighted by Gasteiger charge is 2.29. The molecule has 2 aliphatic rings. The van der Waals surface area contributed by atoms with Crippen LogP contribution in [0.15, 0.2) is 12.1 Å². The van der Waals surface area contributed by atoms with E-state index in [0.717, 1.165) is 25.8 Å². The van der Waals surface area contributed by atoms with Crippen molar-refractivity contribution >= 4 is 23.3 Å². The molecule has 7 nitrogen and oxygen atoms in total. The Hall–Kier alpha value is -2.15. The summed E-state index contributed by atoms with van der Waals surface area (Å²) in [5.41, 5.74) is 3.18. The first-order chi connectivity index (χ1) is 12.6. The van der Waals surface area contributed by atoms with Crippen LogP contribution < -0.4 is 5.32 Å². The zero-order valence-corrected chi connectivity index (χ0v) is 15.6. The molecule has 1 saturated carbocycles. The molecule has 8 heteroatoms. The van der Waals surface area contributed by atoms with Crippen LogP contribution in [-0.2, 0) is 6.42 Å². The van der Waals surface area contributed by atoms with E-state index in [1.165, 1.54) is 24.0 Å². The third-order valence-corrected chi connectivity index (χ3v) is 5.62. The second kappa shape index (κ2) is 7.23. The van der Waals surface area contributed by atoms with Crippen LogP contribution in [0.5, 0.6) is 0 Å². The predicted octanol–water partition coefficient (Wildman–Crippen LogP) is 3.67. The van der Waals surface area contributed by atoms with E-state index in [2.05, 4.69) is 32.9 Å². The number of rotatable bonds is 4. The first kappa shape index (κ1) is 17.3. The van der Waals surface area contributed by atoms with Crippen LogP contribution >= 0.6 is 11.6 Å². The topological polar surface area (TPSA) is 86.8 Å². The Labute approximate surface area is 157 Å². The predicted molar refractivity (Wildman–Crippen MR) is 99.4 cm³/mol. The maximum Gasteiger partial charge on any atom is 0.322 e. The summed E-state index contributed by atoms with van der Waals surface area (Å²) >= 11 is 6.44. The summed E-state index contributed by atoms with van der Waals surface area (Å²) in [6, 6.07) is 3.97. The van der Waals surface area contributed by atoms with Crippen molar-refractivity contribution in [3.63, 3.8) is 0 Å². The highest BCUT2D eigenvalue weighted by atomic mass is 35.5. The normalized spacial score (nSPS) is 20.2. The number of halogens is 1. The van der Waals surface area contributed by atoms with Crippen molar-refractivity contribution in [3.8, 4) is 0 Å². The van der Waals surface area contributed by atoms with E-state index in [4.69, 9.17) is 11.6 Å². The molecule has 2 amide bonds. The third-order valence-electron chi connectivity index (χ3n) is 5.31. The summed E-state index contributed by atoms with van der Waals surface area (Å²) in [5, 5.41) is 17.7. The summed E-state index contributed by atoms with van der Waals surface area (Å²) in [6.07, 6.45) is 6.11. The van der Waals surface area contributed by atoms with Gasteiger partial charge in [-0.3, -0.25) is 0 Å². The van der Waals surface area contributed by atoms with E-state index < -0.39 is 0 Å². The molecule has 0 radical (unpaired) electrons. The molecular formula is C18H23ClN6O. The molecule has 1 aromatic carbocycles. The number of hydrogen-bond donors (Lipinski definition) is 2. The number of tetrazole rings is 1. The summed E-state index contributed by atoms with van der Waals surface area (Å²) in [4.78, 5) is 14.8. The minimum Gasteiger partial charge on any atom is -0.321 e. The molecule has 26 heavy (non-hydrogen) atoms. The van der Waals surface area contributed by atoms with Crippen molar-refractivity contribution < 1.29 is 4.79 Å². The van der Waals surface area contributed by atoms with Gasteiger partial charge in [0.2, 0.25) is 0 Å². The number of H-pyrrole nitrogens is 1. The van der Waals surface area contributed by atoms with Crippen LogP contribution in [0.3, 0.4) is 0 Å². The fraction of sp³-hybridized carbons (Fsp3) is 0.556. The summed E-state index contributed by atoms with van der Waals surface area (Å²) in [7, 11) is 0. The van der Waals surface area contributed by atoms with E-state index in [1.54, 1.807) is 0 Å². The standard InChI is InChI=1S/C18H23ClN6O/c1-11-8-16(15(19)10-14(11)12-5-6-12)20-18(26)25-7-3-2-4-13(25)9-17-21-23-24-22-17/h8,10,12-13H,2-7,9H2,1H3,(H,20,26)(H,21,22,23,24). The lowest BCUT2D eigenvalue weighted by Crippen LogP contribution is -2.47. The molecule has 1 aliphatic carbocycles. The number of nitrogens with zero attached hydrogens (tertiary/aromatic N) is 4. The highest BCUT2D eigenvalue weighted by Crippen LogP contribution is 2.43. The van der Waals surface area contributed by atoms with E-state index in [0.29, 0.717) is 28.9 Å². The number of piperidine rings is 1. The van der Waals surface area contributed by atoms with Gasteiger partial charge in [0, 0.05) is 19.0 Å². The summed E-state index contributed by atoms with van der Waals surface area (Å²) in [6.45, 7) is 2.81. The number of likely N-dealkylation sites (tertiary alicyclic amines) is 1. The number of amides is 2. The fourth-order valence-electron chi connectivity index (χ4n) is 3.77. The summed E-state index contributed by atoms with van der Waals surface area (Å²) < 4.78 is 0. The maximum atomic E-state index is 12.9. The lowest BCUT2D eigenvalue weighted by Gasteiger charge is -2.35. The number of aromatic amines is 1. The van der Waals surface area contributed by atoms with E-state index in [9.17, 15) is 4.79 Å². The molecule has 2 N–H and O–H groups in total. The third kappa shape index (κ3) is 3.67. The molecule has 1 unspecified atom stereocenters. The Bertz CT molecular complexity index is 789. The van der Waals surface area contributed by atoms with Crippen molar-refractivity contribution in [3.05, 3.63) is 34.1 Å². The molecule has 1 saturated heterocycles. The number of aromatic nitrogens is 4. The first-order valence-electron chi connectivity index (χ1n) is 9.22. The zero-order chi connectivity index (χ0) is 18.1. The monoisotopic (exact) mass is 374 g/mol. The Balaban J connectivity index is 1.48. The van der Waals surface area contributed by atoms with Crippen molar-refractivity contribution in [1.29, 1.82) is 0 Å². The van der Waals surface area contributed by atoms with Gasteiger partial charge in [0.05, 0.1) is 10.7 Å². The fourth-order valence-corrected chi connectivity index (χ4v) is 3.99. The second-order valence-corrected chi connectivity index (χ2v) is 7.68. The molecule has 1 aromatic heterocycles. The molecular weight excluding hydrogens is 352 g/mol. The van der Waals surface area contributed by atoms with Gasteiger partial charge >= 0.3 is 6.03 Å². The van der Waals surface area contributed by atoms with Crippen LogP contribution in [0.4, 0.5) is 10.5 Å². The smallest absolute Gasteiger partial charge is 0.321 e. The van der Waals surface area contributed by atoms with Crippen molar-refractivity contribution in [2.45, 2.75) is 57.4 Å². The van der Waals surface area contributed by atoms with Gasteiger partial charge in [-0.25, -0.2) is 4.79 Å². The summed E-state index contributed by atoms with van der Waals surface area (Å²) in [5.74, 6) is 1.27. The minimum atomic E-state index is -0.112.